The van der Waals surface area contributed by atoms with Crippen molar-refractivity contribution >= 4 is 29.3 Å². The number of nitrogens with one attached hydrogen (secondary N) is 1. The van der Waals surface area contributed by atoms with E-state index in [-0.39, 0.29) is 11.9 Å². The first-order chi connectivity index (χ1) is 12.1. The van der Waals surface area contributed by atoms with Crippen molar-refractivity contribution in [1.29, 1.82) is 0 Å². The van der Waals surface area contributed by atoms with Crippen LogP contribution in [0.5, 0.6) is 0 Å². The molecule has 1 amide bonds. The van der Waals surface area contributed by atoms with Gasteiger partial charge in [0.05, 0.1) is 6.04 Å². The number of thiophene rings is 1. The van der Waals surface area contributed by atoms with Gasteiger partial charge in [-0.3, -0.25) is 4.79 Å². The molecule has 0 unspecified atom stereocenters. The second-order valence-electron chi connectivity index (χ2n) is 6.08. The van der Waals surface area contributed by atoms with Crippen LogP contribution in [-0.2, 0) is 20.7 Å². The summed E-state index contributed by atoms with van der Waals surface area (Å²) in [6.07, 6.45) is 5.21. The van der Waals surface area contributed by atoms with Crippen LogP contribution in [-0.4, -0.2) is 18.0 Å². The zero-order chi connectivity index (χ0) is 17.6. The lowest BCUT2D eigenvalue weighted by atomic mass is 9.87. The Morgan fingerprint density at radius 2 is 2.12 bits per heavy atom. The molecule has 130 valence electrons. The van der Waals surface area contributed by atoms with Crippen molar-refractivity contribution in [1.82, 2.24) is 5.32 Å². The van der Waals surface area contributed by atoms with Crippen LogP contribution in [0, 0.1) is 0 Å². The lowest BCUT2D eigenvalue weighted by molar-refractivity contribution is -0.150. The molecule has 25 heavy (non-hydrogen) atoms. The minimum Gasteiger partial charge on any atom is -0.449 e. The Morgan fingerprint density at radius 3 is 2.92 bits per heavy atom. The summed E-state index contributed by atoms with van der Waals surface area (Å²) < 4.78 is 5.21. The highest BCUT2D eigenvalue weighted by molar-refractivity contribution is 7.10. The summed E-state index contributed by atoms with van der Waals surface area (Å²) in [6.45, 7) is 1.60. The number of ether oxygens (including phenoxy) is 1. The van der Waals surface area contributed by atoms with Crippen LogP contribution in [0.4, 0.5) is 0 Å². The molecule has 0 fully saturated rings. The summed E-state index contributed by atoms with van der Waals surface area (Å²) in [5.74, 6) is -0.778. The van der Waals surface area contributed by atoms with Crippen molar-refractivity contribution in [3.05, 3.63) is 63.9 Å². The van der Waals surface area contributed by atoms with Gasteiger partial charge >= 0.3 is 5.97 Å². The Balaban J connectivity index is 1.55. The van der Waals surface area contributed by atoms with E-state index in [9.17, 15) is 9.59 Å². The number of fused-ring (bicyclic) bond motifs is 1. The zero-order valence-corrected chi connectivity index (χ0v) is 14.9. The molecule has 1 aliphatic carbocycles. The van der Waals surface area contributed by atoms with Gasteiger partial charge < -0.3 is 10.1 Å². The van der Waals surface area contributed by atoms with E-state index < -0.39 is 12.1 Å². The van der Waals surface area contributed by atoms with E-state index in [4.69, 9.17) is 4.74 Å². The van der Waals surface area contributed by atoms with Gasteiger partial charge in [-0.1, -0.05) is 30.3 Å². The number of carbonyl (C=O) groups excluding carboxylic acids is 2. The van der Waals surface area contributed by atoms with Crippen LogP contribution >= 0.6 is 11.3 Å². The molecule has 1 aromatic heterocycles. The summed E-state index contributed by atoms with van der Waals surface area (Å²) in [7, 11) is 0. The molecule has 0 bridgehead atoms. The van der Waals surface area contributed by atoms with Gasteiger partial charge in [-0.05, 0) is 54.8 Å². The third kappa shape index (κ3) is 4.57. The van der Waals surface area contributed by atoms with E-state index in [0.29, 0.717) is 0 Å². The maximum Gasteiger partial charge on any atom is 0.331 e. The summed E-state index contributed by atoms with van der Waals surface area (Å²) in [4.78, 5) is 25.2. The Bertz CT molecular complexity index is 767. The summed E-state index contributed by atoms with van der Waals surface area (Å²) in [6, 6.07) is 12.0. The standard InChI is InChI=1S/C20H21NO3S/c1-14(24-19(22)12-11-16-8-5-13-25-16)20(23)21-18-10-4-7-15-6-2-3-9-17(15)18/h2-3,5-6,8-9,11-14,18H,4,7,10H2,1H3,(H,21,23)/b12-11+/t14-,18-/m1/s1. The van der Waals surface area contributed by atoms with Gasteiger partial charge in [-0.15, -0.1) is 11.3 Å². The van der Waals surface area contributed by atoms with Crippen molar-refractivity contribution in [2.45, 2.75) is 38.3 Å². The molecule has 1 aromatic carbocycles. The monoisotopic (exact) mass is 355 g/mol. The fraction of sp³-hybridized carbons (Fsp3) is 0.300. The number of amides is 1. The van der Waals surface area contributed by atoms with Gasteiger partial charge in [0.2, 0.25) is 0 Å². The molecule has 0 spiro atoms. The number of hydrogen-bond acceptors (Lipinski definition) is 4. The quantitative estimate of drug-likeness (QED) is 0.654. The fourth-order valence-corrected chi connectivity index (χ4v) is 3.61. The van der Waals surface area contributed by atoms with Gasteiger partial charge in [0.1, 0.15) is 0 Å². The van der Waals surface area contributed by atoms with Gasteiger partial charge in [0, 0.05) is 11.0 Å². The SMILES string of the molecule is C[C@@H](OC(=O)/C=C/c1cccs1)C(=O)N[C@@H]1CCCc2ccccc21. The highest BCUT2D eigenvalue weighted by atomic mass is 32.1. The van der Waals surface area contributed by atoms with Crippen molar-refractivity contribution in [3.8, 4) is 0 Å². The Labute approximate surface area is 151 Å². The predicted molar refractivity (Wildman–Crippen MR) is 99.2 cm³/mol. The lowest BCUT2D eigenvalue weighted by Crippen LogP contribution is -2.39. The molecule has 0 saturated heterocycles. The normalized spacial score (nSPS) is 17.7. The van der Waals surface area contributed by atoms with E-state index >= 15 is 0 Å². The van der Waals surface area contributed by atoms with E-state index in [0.717, 1.165) is 24.1 Å². The maximum absolute atomic E-state index is 12.4. The molecule has 3 rings (SSSR count). The average molecular weight is 355 g/mol. The molecule has 0 saturated carbocycles. The second-order valence-corrected chi connectivity index (χ2v) is 7.06. The van der Waals surface area contributed by atoms with E-state index in [1.807, 2.05) is 29.6 Å². The first-order valence-corrected chi connectivity index (χ1v) is 9.32. The Hall–Kier alpha value is -2.40. The summed E-state index contributed by atoms with van der Waals surface area (Å²) >= 11 is 1.53. The molecule has 1 heterocycles. The molecule has 0 radical (unpaired) electrons. The Morgan fingerprint density at radius 1 is 1.28 bits per heavy atom. The van der Waals surface area contributed by atoms with E-state index in [2.05, 4.69) is 17.4 Å². The average Bonchev–Trinajstić information content (AvgIpc) is 3.14. The van der Waals surface area contributed by atoms with Crippen molar-refractivity contribution < 1.29 is 14.3 Å². The highest BCUT2D eigenvalue weighted by Crippen LogP contribution is 2.29. The first-order valence-electron chi connectivity index (χ1n) is 8.44. The molecular weight excluding hydrogens is 334 g/mol. The molecular formula is C20H21NO3S. The number of hydrogen-bond donors (Lipinski definition) is 1. The zero-order valence-electron chi connectivity index (χ0n) is 14.1. The molecule has 5 heteroatoms. The predicted octanol–water partition coefficient (Wildman–Crippen LogP) is 3.89. The first kappa shape index (κ1) is 17.4. The van der Waals surface area contributed by atoms with Crippen LogP contribution in [0.1, 0.15) is 41.8 Å². The topological polar surface area (TPSA) is 55.4 Å². The van der Waals surface area contributed by atoms with Gasteiger partial charge in [0.25, 0.3) is 5.91 Å². The van der Waals surface area contributed by atoms with Crippen LogP contribution in [0.3, 0.4) is 0 Å². The Kier molecular flexibility index (Phi) is 5.66. The maximum atomic E-state index is 12.4. The third-order valence-electron chi connectivity index (χ3n) is 4.27. The molecule has 1 N–H and O–H groups in total. The van der Waals surface area contributed by atoms with Crippen LogP contribution in [0.25, 0.3) is 6.08 Å². The number of aryl methyl sites for hydroxylation is 1. The number of carbonyl (C=O) groups is 2. The molecule has 0 aliphatic heterocycles. The van der Waals surface area contributed by atoms with E-state index in [1.54, 1.807) is 13.0 Å². The number of benzene rings is 1. The molecule has 2 atom stereocenters. The van der Waals surface area contributed by atoms with Crippen molar-refractivity contribution in [2.24, 2.45) is 0 Å². The lowest BCUT2D eigenvalue weighted by Gasteiger charge is -2.27. The van der Waals surface area contributed by atoms with Gasteiger partial charge in [0.15, 0.2) is 6.10 Å². The third-order valence-corrected chi connectivity index (χ3v) is 5.11. The van der Waals surface area contributed by atoms with Crippen LogP contribution in [0.15, 0.2) is 47.9 Å². The largest absolute Gasteiger partial charge is 0.449 e. The van der Waals surface area contributed by atoms with Crippen molar-refractivity contribution in [3.63, 3.8) is 0 Å². The van der Waals surface area contributed by atoms with Gasteiger partial charge in [-0.2, -0.15) is 0 Å². The molecule has 4 nitrogen and oxygen atoms in total. The second kappa shape index (κ2) is 8.12. The number of esters is 1. The molecule has 1 aliphatic rings. The summed E-state index contributed by atoms with van der Waals surface area (Å²) in [5.41, 5.74) is 2.45. The number of rotatable bonds is 5. The highest BCUT2D eigenvalue weighted by Gasteiger charge is 2.24. The molecule has 2 aromatic rings. The van der Waals surface area contributed by atoms with Crippen LogP contribution < -0.4 is 5.32 Å². The summed E-state index contributed by atoms with van der Waals surface area (Å²) in [5, 5.41) is 4.95. The smallest absolute Gasteiger partial charge is 0.331 e. The minimum atomic E-state index is -0.824. The van der Waals surface area contributed by atoms with Gasteiger partial charge in [-0.25, -0.2) is 4.79 Å². The van der Waals surface area contributed by atoms with Crippen molar-refractivity contribution in [2.75, 3.05) is 0 Å². The van der Waals surface area contributed by atoms with Crippen LogP contribution in [0.2, 0.25) is 0 Å². The fourth-order valence-electron chi connectivity index (χ4n) is 3.00. The van der Waals surface area contributed by atoms with E-state index in [1.165, 1.54) is 28.5 Å². The minimum absolute atomic E-state index is 0.0136.